The molecule has 7 nitrogen and oxygen atoms in total. The molecule has 61 heavy (non-hydrogen) atoms. The van der Waals surface area contributed by atoms with E-state index >= 15 is 0 Å². The summed E-state index contributed by atoms with van der Waals surface area (Å²) in [5, 5.41) is 3.22. The van der Waals surface area contributed by atoms with Crippen molar-refractivity contribution in [1.29, 1.82) is 0 Å². The minimum Gasteiger partial charge on any atom is -0.493 e. The van der Waals surface area contributed by atoms with E-state index in [1.54, 1.807) is 0 Å². The number of benzene rings is 1. The molecule has 0 heterocycles. The lowest BCUT2D eigenvalue weighted by molar-refractivity contribution is -0.144. The molecule has 0 saturated heterocycles. The van der Waals surface area contributed by atoms with Crippen LogP contribution in [0.2, 0.25) is 0 Å². The molecule has 0 aliphatic heterocycles. The van der Waals surface area contributed by atoms with Gasteiger partial charge in [-0.1, -0.05) is 127 Å². The zero-order valence-electron chi connectivity index (χ0n) is 39.5. The molecular formula is C54H91NO6. The Hall–Kier alpha value is -3.32. The second-order valence-corrected chi connectivity index (χ2v) is 16.5. The molecule has 0 aliphatic rings. The van der Waals surface area contributed by atoms with Crippen LogP contribution in [-0.4, -0.2) is 52.0 Å². The van der Waals surface area contributed by atoms with Gasteiger partial charge in [0.05, 0.1) is 26.4 Å². The Balaban J connectivity index is 2.13. The molecule has 0 aliphatic carbocycles. The van der Waals surface area contributed by atoms with E-state index in [2.05, 4.69) is 79.9 Å². The first-order chi connectivity index (χ1) is 30.1. The van der Waals surface area contributed by atoms with Crippen LogP contribution in [0.1, 0.15) is 206 Å². The Morgan fingerprint density at radius 1 is 0.459 bits per heavy atom. The average molecular weight is 850 g/mol. The summed E-state index contributed by atoms with van der Waals surface area (Å²) in [6.07, 6.45) is 50.3. The molecule has 0 unspecified atom stereocenters. The van der Waals surface area contributed by atoms with E-state index in [4.69, 9.17) is 18.9 Å². The van der Waals surface area contributed by atoms with E-state index in [9.17, 15) is 9.59 Å². The second-order valence-electron chi connectivity index (χ2n) is 16.5. The van der Waals surface area contributed by atoms with E-state index < -0.39 is 0 Å². The predicted molar refractivity (Wildman–Crippen MR) is 259 cm³/mol. The minimum absolute atomic E-state index is 0.0896. The average Bonchev–Trinajstić information content (AvgIpc) is 3.26. The third-order valence-electron chi connectivity index (χ3n) is 10.6. The number of nitrogens with one attached hydrogen (secondary N) is 1. The van der Waals surface area contributed by atoms with E-state index in [0.29, 0.717) is 39.3 Å². The fourth-order valence-electron chi connectivity index (χ4n) is 6.88. The van der Waals surface area contributed by atoms with Crippen LogP contribution in [0.3, 0.4) is 0 Å². The number of hydrogen-bond acceptors (Lipinski definition) is 7. The Morgan fingerprint density at radius 3 is 1.28 bits per heavy atom. The van der Waals surface area contributed by atoms with E-state index in [1.165, 1.54) is 95.5 Å². The highest BCUT2D eigenvalue weighted by Crippen LogP contribution is 2.25. The van der Waals surface area contributed by atoms with Crippen molar-refractivity contribution in [3.8, 4) is 11.5 Å². The number of ether oxygens (including phenoxy) is 4. The van der Waals surface area contributed by atoms with Crippen molar-refractivity contribution >= 4 is 11.9 Å². The monoisotopic (exact) mass is 850 g/mol. The van der Waals surface area contributed by atoms with Gasteiger partial charge in [-0.05, 0) is 147 Å². The van der Waals surface area contributed by atoms with Crippen LogP contribution in [0.4, 0.5) is 0 Å². The van der Waals surface area contributed by atoms with Crippen LogP contribution >= 0.6 is 0 Å². The minimum atomic E-state index is -0.0896. The summed E-state index contributed by atoms with van der Waals surface area (Å²) in [6.45, 7) is 7.43. The number of hydrogen-bond donors (Lipinski definition) is 1. The molecule has 1 aromatic rings. The lowest BCUT2D eigenvalue weighted by atomic mass is 10.1. The molecule has 0 fully saturated rings. The molecule has 1 rings (SSSR count). The van der Waals surface area contributed by atoms with Gasteiger partial charge in [0.15, 0.2) is 0 Å². The number of rotatable bonds is 44. The summed E-state index contributed by atoms with van der Waals surface area (Å²) in [5.41, 5.74) is 1.19. The van der Waals surface area contributed by atoms with Gasteiger partial charge < -0.3 is 24.3 Å². The largest absolute Gasteiger partial charge is 0.493 e. The van der Waals surface area contributed by atoms with Crippen LogP contribution in [0.25, 0.3) is 0 Å². The number of carbonyl (C=O) groups excluding carboxylic acids is 2. The van der Waals surface area contributed by atoms with Crippen LogP contribution < -0.4 is 14.8 Å². The summed E-state index contributed by atoms with van der Waals surface area (Å²) < 4.78 is 23.2. The first kappa shape index (κ1) is 55.7. The Bertz CT molecular complexity index is 1180. The predicted octanol–water partition coefficient (Wildman–Crippen LogP) is 14.9. The fraction of sp³-hybridized carbons (Fsp3) is 0.704. The van der Waals surface area contributed by atoms with Crippen molar-refractivity contribution in [2.24, 2.45) is 0 Å². The zero-order chi connectivity index (χ0) is 43.9. The second kappa shape index (κ2) is 44.7. The standard InChI is InChI=1S/C54H91NO6/c1-4-6-8-10-12-14-16-18-20-22-24-26-28-30-32-40-53(56)60-45-36-34-43-58-51-47-50(39-38-42-55-3)48-52(49-51)59-44-35-37-46-61-54(57)41-33-31-29-27-25-23-21-19-17-15-13-11-9-7-5-2/h12-15,18-21,47-49,55H,4-11,16-17,22-46H2,1-3H3/b14-12-,15-13-,20-18-,21-19-. The lowest BCUT2D eigenvalue weighted by Crippen LogP contribution is -2.09. The van der Waals surface area contributed by atoms with Gasteiger partial charge >= 0.3 is 11.9 Å². The van der Waals surface area contributed by atoms with Crippen molar-refractivity contribution in [1.82, 2.24) is 5.32 Å². The van der Waals surface area contributed by atoms with Crippen molar-refractivity contribution in [3.63, 3.8) is 0 Å². The highest BCUT2D eigenvalue weighted by Gasteiger charge is 2.07. The van der Waals surface area contributed by atoms with Gasteiger partial charge in [0.1, 0.15) is 11.5 Å². The van der Waals surface area contributed by atoms with Gasteiger partial charge in [-0.2, -0.15) is 0 Å². The van der Waals surface area contributed by atoms with Crippen LogP contribution in [0.5, 0.6) is 11.5 Å². The fourth-order valence-corrected chi connectivity index (χ4v) is 6.88. The maximum atomic E-state index is 12.2. The van der Waals surface area contributed by atoms with Gasteiger partial charge in [-0.15, -0.1) is 0 Å². The number of aryl methyl sites for hydroxylation is 1. The van der Waals surface area contributed by atoms with Crippen LogP contribution in [0, 0.1) is 0 Å². The first-order valence-corrected chi connectivity index (χ1v) is 25.0. The molecule has 0 saturated carbocycles. The summed E-state index contributed by atoms with van der Waals surface area (Å²) in [7, 11) is 1.97. The molecule has 0 spiro atoms. The molecule has 0 amide bonds. The molecular weight excluding hydrogens is 759 g/mol. The van der Waals surface area contributed by atoms with Crippen molar-refractivity contribution in [2.75, 3.05) is 40.0 Å². The van der Waals surface area contributed by atoms with Crippen molar-refractivity contribution in [3.05, 3.63) is 72.4 Å². The Morgan fingerprint density at radius 2 is 0.852 bits per heavy atom. The summed E-state index contributed by atoms with van der Waals surface area (Å²) in [4.78, 5) is 24.4. The number of unbranched alkanes of at least 4 members (excludes halogenated alkanes) is 18. The summed E-state index contributed by atoms with van der Waals surface area (Å²) >= 11 is 0. The molecule has 1 N–H and O–H groups in total. The number of carbonyl (C=O) groups is 2. The molecule has 0 bridgehead atoms. The Kier molecular flexibility index (Phi) is 40.8. The van der Waals surface area contributed by atoms with Crippen molar-refractivity contribution < 1.29 is 28.5 Å². The Labute approximate surface area is 375 Å². The normalized spacial score (nSPS) is 11.8. The summed E-state index contributed by atoms with van der Waals surface area (Å²) in [5.74, 6) is 1.43. The van der Waals surface area contributed by atoms with E-state index in [1.807, 2.05) is 13.1 Å². The third kappa shape index (κ3) is 39.3. The summed E-state index contributed by atoms with van der Waals surface area (Å²) in [6, 6.07) is 6.15. The SMILES string of the molecule is CCCCC/C=C\C/C=C\CCCCCCCC(=O)OCCCCOc1cc(CCCNC)cc(OCCCCOC(=O)CCCCCCC/C=C\C/C=C\CCCCC)c1. The van der Waals surface area contributed by atoms with Crippen LogP contribution in [0.15, 0.2) is 66.8 Å². The highest BCUT2D eigenvalue weighted by molar-refractivity contribution is 5.69. The molecule has 1 aromatic carbocycles. The molecule has 348 valence electrons. The molecule has 0 atom stereocenters. The number of esters is 2. The maximum absolute atomic E-state index is 12.2. The van der Waals surface area contributed by atoms with Crippen LogP contribution in [-0.2, 0) is 25.5 Å². The van der Waals surface area contributed by atoms with Gasteiger partial charge in [0.2, 0.25) is 0 Å². The van der Waals surface area contributed by atoms with Gasteiger partial charge in [0.25, 0.3) is 0 Å². The maximum Gasteiger partial charge on any atom is 0.305 e. The highest BCUT2D eigenvalue weighted by atomic mass is 16.5. The van der Waals surface area contributed by atoms with E-state index in [0.717, 1.165) is 108 Å². The molecule has 0 aromatic heterocycles. The molecule has 0 radical (unpaired) electrons. The smallest absolute Gasteiger partial charge is 0.305 e. The van der Waals surface area contributed by atoms with E-state index in [-0.39, 0.29) is 11.9 Å². The van der Waals surface area contributed by atoms with Gasteiger partial charge in [-0.3, -0.25) is 9.59 Å². The lowest BCUT2D eigenvalue weighted by Gasteiger charge is -2.13. The third-order valence-corrected chi connectivity index (χ3v) is 10.6. The van der Waals surface area contributed by atoms with Crippen molar-refractivity contribution in [2.45, 2.75) is 206 Å². The quantitative estimate of drug-likeness (QED) is 0.0398. The molecule has 7 heteroatoms. The van der Waals surface area contributed by atoms with Gasteiger partial charge in [-0.25, -0.2) is 0 Å². The number of allylic oxidation sites excluding steroid dienone is 8. The van der Waals surface area contributed by atoms with Gasteiger partial charge in [0, 0.05) is 18.9 Å². The zero-order valence-corrected chi connectivity index (χ0v) is 39.5. The first-order valence-electron chi connectivity index (χ1n) is 25.0. The topological polar surface area (TPSA) is 83.1 Å².